The van der Waals surface area contributed by atoms with Crippen molar-refractivity contribution in [2.75, 3.05) is 19.7 Å². The monoisotopic (exact) mass is 323 g/mol. The topological polar surface area (TPSA) is 66.8 Å². The van der Waals surface area contributed by atoms with Crippen LogP contribution in [0.4, 0.5) is 4.39 Å². The van der Waals surface area contributed by atoms with Crippen LogP contribution in [0.15, 0.2) is 24.3 Å². The van der Waals surface area contributed by atoms with E-state index in [0.29, 0.717) is 11.7 Å². The molecule has 0 radical (unpaired) electrons. The van der Waals surface area contributed by atoms with Crippen LogP contribution >= 0.6 is 0 Å². The molecule has 1 fully saturated rings. The van der Waals surface area contributed by atoms with Crippen molar-refractivity contribution in [2.24, 2.45) is 0 Å². The van der Waals surface area contributed by atoms with Crippen LogP contribution in [-0.2, 0) is 9.59 Å². The Morgan fingerprint density at radius 2 is 2.13 bits per heavy atom. The van der Waals surface area contributed by atoms with Gasteiger partial charge in [0.1, 0.15) is 5.75 Å². The molecule has 0 aromatic heterocycles. The second-order valence-electron chi connectivity index (χ2n) is 5.97. The van der Waals surface area contributed by atoms with Gasteiger partial charge >= 0.3 is 5.97 Å². The predicted octanol–water partition coefficient (Wildman–Crippen LogP) is 2.60. The maximum absolute atomic E-state index is 14.0. The highest BCUT2D eigenvalue weighted by atomic mass is 19.1. The molecular formula is C17H22FNO4. The zero-order valence-electron chi connectivity index (χ0n) is 13.4. The van der Waals surface area contributed by atoms with Gasteiger partial charge in [0.15, 0.2) is 6.61 Å². The molecule has 23 heavy (non-hydrogen) atoms. The highest BCUT2D eigenvalue weighted by Crippen LogP contribution is 2.29. The number of carboxylic acid groups (broad SMARTS) is 1. The smallest absolute Gasteiger partial charge is 0.343 e. The van der Waals surface area contributed by atoms with Crippen LogP contribution in [0.1, 0.15) is 38.2 Å². The molecule has 1 aliphatic heterocycles. The second kappa shape index (κ2) is 6.98. The van der Waals surface area contributed by atoms with E-state index in [2.05, 4.69) is 13.8 Å². The van der Waals surface area contributed by atoms with Gasteiger partial charge in [-0.15, -0.1) is 0 Å². The van der Waals surface area contributed by atoms with Gasteiger partial charge in [-0.3, -0.25) is 4.79 Å². The molecule has 2 unspecified atom stereocenters. The van der Waals surface area contributed by atoms with Crippen LogP contribution in [0.5, 0.6) is 5.75 Å². The summed E-state index contributed by atoms with van der Waals surface area (Å²) in [7, 11) is 0. The van der Waals surface area contributed by atoms with Crippen molar-refractivity contribution in [2.45, 2.75) is 38.3 Å². The number of hydrogen-bond donors (Lipinski definition) is 1. The van der Waals surface area contributed by atoms with Crippen LogP contribution in [-0.4, -0.2) is 47.2 Å². The highest BCUT2D eigenvalue weighted by Gasteiger charge is 2.46. The first-order valence-electron chi connectivity index (χ1n) is 7.79. The number of nitrogens with zero attached hydrogens (tertiary/aromatic N) is 1. The summed E-state index contributed by atoms with van der Waals surface area (Å²) in [6, 6.07) is 7.51. The molecule has 5 nitrogen and oxygen atoms in total. The minimum Gasteiger partial charge on any atom is -0.483 e. The van der Waals surface area contributed by atoms with Crippen LogP contribution in [0, 0.1) is 0 Å². The Hall–Kier alpha value is -2.11. The summed E-state index contributed by atoms with van der Waals surface area (Å²) in [5.41, 5.74) is -1.32. The third-order valence-electron chi connectivity index (χ3n) is 4.37. The molecule has 1 amide bonds. The molecule has 1 aromatic carbocycles. The molecule has 0 saturated carbocycles. The Labute approximate surface area is 135 Å². The fourth-order valence-corrected chi connectivity index (χ4v) is 2.63. The van der Waals surface area contributed by atoms with Crippen LogP contribution in [0.25, 0.3) is 0 Å². The first kappa shape index (κ1) is 17.2. The van der Waals surface area contributed by atoms with Crippen molar-refractivity contribution in [3.05, 3.63) is 29.8 Å². The Bertz CT molecular complexity index is 592. The Morgan fingerprint density at radius 1 is 1.43 bits per heavy atom. The van der Waals surface area contributed by atoms with E-state index in [-0.39, 0.29) is 19.6 Å². The van der Waals surface area contributed by atoms with Crippen molar-refractivity contribution in [3.63, 3.8) is 0 Å². The minimum atomic E-state index is -2.34. The van der Waals surface area contributed by atoms with Gasteiger partial charge in [0.25, 0.3) is 5.91 Å². The van der Waals surface area contributed by atoms with E-state index in [4.69, 9.17) is 9.84 Å². The average Bonchev–Trinajstić information content (AvgIpc) is 2.96. The number of benzene rings is 1. The quantitative estimate of drug-likeness (QED) is 0.874. The summed E-state index contributed by atoms with van der Waals surface area (Å²) in [6.45, 7) is 3.61. The van der Waals surface area contributed by atoms with Crippen molar-refractivity contribution in [3.8, 4) is 5.75 Å². The van der Waals surface area contributed by atoms with E-state index >= 15 is 0 Å². The zero-order chi connectivity index (χ0) is 17.0. The molecule has 0 bridgehead atoms. The number of carbonyl (C=O) groups excluding carboxylic acids is 1. The standard InChI is InChI=1S/C17H22FNO4/c1-3-12(2)13-6-4-5-7-14(13)23-10-15(20)19-9-8-17(18,11-19)16(21)22/h4-7,12H,3,8-11H2,1-2H3,(H,21,22). The number of rotatable bonds is 6. The number of carboxylic acids is 1. The molecule has 1 aliphatic rings. The molecule has 1 aromatic rings. The van der Waals surface area contributed by atoms with Gasteiger partial charge in [-0.2, -0.15) is 0 Å². The maximum atomic E-state index is 14.0. The number of likely N-dealkylation sites (tertiary alicyclic amines) is 1. The van der Waals surface area contributed by atoms with E-state index in [9.17, 15) is 14.0 Å². The second-order valence-corrected chi connectivity index (χ2v) is 5.97. The summed E-state index contributed by atoms with van der Waals surface area (Å²) in [5.74, 6) is -0.974. The van der Waals surface area contributed by atoms with Gasteiger partial charge in [-0.25, -0.2) is 9.18 Å². The number of para-hydroxylation sites is 1. The molecule has 1 heterocycles. The van der Waals surface area contributed by atoms with Gasteiger partial charge in [0, 0.05) is 13.0 Å². The molecular weight excluding hydrogens is 301 g/mol. The van der Waals surface area contributed by atoms with Gasteiger partial charge in [0.05, 0.1) is 6.54 Å². The lowest BCUT2D eigenvalue weighted by Gasteiger charge is -2.19. The summed E-state index contributed by atoms with van der Waals surface area (Å²) < 4.78 is 19.6. The maximum Gasteiger partial charge on any atom is 0.343 e. The zero-order valence-corrected chi connectivity index (χ0v) is 13.4. The minimum absolute atomic E-state index is 0.0952. The third-order valence-corrected chi connectivity index (χ3v) is 4.37. The fourth-order valence-electron chi connectivity index (χ4n) is 2.63. The molecule has 0 aliphatic carbocycles. The molecule has 0 spiro atoms. The number of hydrogen-bond acceptors (Lipinski definition) is 3. The van der Waals surface area contributed by atoms with Crippen molar-refractivity contribution in [1.29, 1.82) is 0 Å². The number of alkyl halides is 1. The van der Waals surface area contributed by atoms with Gasteiger partial charge < -0.3 is 14.7 Å². The van der Waals surface area contributed by atoms with Crippen LogP contribution < -0.4 is 4.74 Å². The molecule has 6 heteroatoms. The normalized spacial score (nSPS) is 22.0. The van der Waals surface area contributed by atoms with E-state index in [1.165, 1.54) is 4.90 Å². The van der Waals surface area contributed by atoms with Gasteiger partial charge in [-0.1, -0.05) is 32.0 Å². The summed E-state index contributed by atoms with van der Waals surface area (Å²) >= 11 is 0. The lowest BCUT2D eigenvalue weighted by atomic mass is 9.98. The Morgan fingerprint density at radius 3 is 2.74 bits per heavy atom. The number of halogens is 1. The van der Waals surface area contributed by atoms with E-state index in [0.717, 1.165) is 12.0 Å². The number of amides is 1. The van der Waals surface area contributed by atoms with Crippen molar-refractivity contribution < 1.29 is 23.8 Å². The first-order valence-corrected chi connectivity index (χ1v) is 7.79. The fraction of sp³-hybridized carbons (Fsp3) is 0.529. The van der Waals surface area contributed by atoms with E-state index < -0.39 is 24.1 Å². The van der Waals surface area contributed by atoms with Gasteiger partial charge in [0.2, 0.25) is 5.67 Å². The SMILES string of the molecule is CCC(C)c1ccccc1OCC(=O)N1CCC(F)(C(=O)O)C1. The summed E-state index contributed by atoms with van der Waals surface area (Å²) in [4.78, 5) is 24.2. The largest absolute Gasteiger partial charge is 0.483 e. The molecule has 1 N–H and O–H groups in total. The van der Waals surface area contributed by atoms with E-state index in [1.54, 1.807) is 6.07 Å². The number of ether oxygens (including phenoxy) is 1. The molecule has 2 rings (SSSR count). The third kappa shape index (κ3) is 3.81. The van der Waals surface area contributed by atoms with Crippen molar-refractivity contribution >= 4 is 11.9 Å². The van der Waals surface area contributed by atoms with Crippen molar-refractivity contribution in [1.82, 2.24) is 4.90 Å². The predicted molar refractivity (Wildman–Crippen MR) is 83.3 cm³/mol. The van der Waals surface area contributed by atoms with E-state index in [1.807, 2.05) is 18.2 Å². The number of carbonyl (C=O) groups is 2. The van der Waals surface area contributed by atoms with Gasteiger partial charge in [-0.05, 0) is 24.0 Å². The summed E-state index contributed by atoms with van der Waals surface area (Å²) in [5, 5.41) is 8.86. The Kier molecular flexibility index (Phi) is 5.23. The molecule has 1 saturated heterocycles. The van der Waals surface area contributed by atoms with Crippen LogP contribution in [0.2, 0.25) is 0 Å². The molecule has 126 valence electrons. The van der Waals surface area contributed by atoms with Crippen LogP contribution in [0.3, 0.4) is 0 Å². The molecule has 2 atom stereocenters. The summed E-state index contributed by atoms with van der Waals surface area (Å²) in [6.07, 6.45) is 0.765. The lowest BCUT2D eigenvalue weighted by Crippen LogP contribution is -2.40. The highest BCUT2D eigenvalue weighted by molar-refractivity contribution is 5.83. The average molecular weight is 323 g/mol. The number of aliphatic carboxylic acids is 1. The lowest BCUT2D eigenvalue weighted by molar-refractivity contribution is -0.150. The Balaban J connectivity index is 1.97. The first-order chi connectivity index (χ1) is 10.9.